The first-order chi connectivity index (χ1) is 5.83. The maximum Gasteiger partial charge on any atom is 0.182 e. The predicted molar refractivity (Wildman–Crippen MR) is 48.3 cm³/mol. The number of rotatable bonds is 1. The van der Waals surface area contributed by atoms with E-state index in [0.29, 0.717) is 5.75 Å². The van der Waals surface area contributed by atoms with E-state index in [1.807, 2.05) is 12.1 Å². The van der Waals surface area contributed by atoms with Gasteiger partial charge >= 0.3 is 0 Å². The molecule has 0 bridgehead atoms. The van der Waals surface area contributed by atoms with Crippen molar-refractivity contribution in [3.63, 3.8) is 0 Å². The van der Waals surface area contributed by atoms with Gasteiger partial charge in [-0.25, -0.2) is 4.98 Å². The minimum atomic E-state index is 0.709. The summed E-state index contributed by atoms with van der Waals surface area (Å²) in [4.78, 5) is 4.03. The second-order valence-electron chi connectivity index (χ2n) is 2.28. The van der Waals surface area contributed by atoms with Gasteiger partial charge in [-0.05, 0) is 28.1 Å². The van der Waals surface area contributed by atoms with Crippen LogP contribution in [0.2, 0.25) is 0 Å². The third kappa shape index (κ3) is 0.992. The van der Waals surface area contributed by atoms with E-state index in [1.54, 1.807) is 7.11 Å². The second-order valence-corrected chi connectivity index (χ2v) is 3.13. The second kappa shape index (κ2) is 2.79. The molecule has 0 radical (unpaired) electrons. The lowest BCUT2D eigenvalue weighted by molar-refractivity contribution is 0.416. The first-order valence-corrected chi connectivity index (χ1v) is 4.18. The fraction of sp³-hybridized carbons (Fsp3) is 0.125. The molecule has 1 heterocycles. The molecule has 0 atom stereocenters. The van der Waals surface area contributed by atoms with Crippen molar-refractivity contribution >= 4 is 27.0 Å². The molecule has 62 valence electrons. The monoisotopic (exact) mass is 227 g/mol. The van der Waals surface area contributed by atoms with Gasteiger partial charge in [0.25, 0.3) is 0 Å². The molecule has 3 nitrogen and oxygen atoms in total. The summed E-state index contributed by atoms with van der Waals surface area (Å²) in [6, 6.07) is 3.71. The minimum Gasteiger partial charge on any atom is -0.493 e. The standard InChI is InChI=1S/C8H6BrNO2/c1-11-8-5(9)2-3-6-7(8)10-4-12-6/h2-4H,1H3. The Balaban J connectivity index is 2.83. The summed E-state index contributed by atoms with van der Waals surface area (Å²) < 4.78 is 11.1. The molecule has 12 heavy (non-hydrogen) atoms. The molecular weight excluding hydrogens is 222 g/mol. The van der Waals surface area contributed by atoms with Gasteiger partial charge in [0.2, 0.25) is 0 Å². The van der Waals surface area contributed by atoms with Crippen LogP contribution in [0, 0.1) is 0 Å². The summed E-state index contributed by atoms with van der Waals surface area (Å²) in [6.07, 6.45) is 1.40. The van der Waals surface area contributed by atoms with E-state index in [-0.39, 0.29) is 0 Å². The van der Waals surface area contributed by atoms with Gasteiger partial charge in [-0.15, -0.1) is 0 Å². The lowest BCUT2D eigenvalue weighted by atomic mass is 10.3. The van der Waals surface area contributed by atoms with Crippen LogP contribution in [0.1, 0.15) is 0 Å². The molecule has 0 amide bonds. The molecule has 0 spiro atoms. The average Bonchev–Trinajstić information content (AvgIpc) is 2.52. The molecular formula is C8H6BrNO2. The SMILES string of the molecule is COc1c(Br)ccc2ocnc12. The van der Waals surface area contributed by atoms with E-state index in [9.17, 15) is 0 Å². The van der Waals surface area contributed by atoms with E-state index < -0.39 is 0 Å². The van der Waals surface area contributed by atoms with Crippen molar-refractivity contribution in [3.05, 3.63) is 23.0 Å². The van der Waals surface area contributed by atoms with Crippen molar-refractivity contribution in [1.29, 1.82) is 0 Å². The van der Waals surface area contributed by atoms with Crippen LogP contribution in [0.5, 0.6) is 5.75 Å². The van der Waals surface area contributed by atoms with Crippen LogP contribution in [-0.4, -0.2) is 12.1 Å². The summed E-state index contributed by atoms with van der Waals surface area (Å²) in [7, 11) is 1.61. The van der Waals surface area contributed by atoms with E-state index in [4.69, 9.17) is 9.15 Å². The summed E-state index contributed by atoms with van der Waals surface area (Å²) in [5.74, 6) is 0.709. The number of aromatic nitrogens is 1. The van der Waals surface area contributed by atoms with Gasteiger partial charge in [-0.2, -0.15) is 0 Å². The van der Waals surface area contributed by atoms with E-state index in [1.165, 1.54) is 6.39 Å². The van der Waals surface area contributed by atoms with Gasteiger partial charge in [0.15, 0.2) is 23.2 Å². The number of methoxy groups -OCH3 is 1. The van der Waals surface area contributed by atoms with Crippen molar-refractivity contribution in [1.82, 2.24) is 4.98 Å². The Morgan fingerprint density at radius 2 is 2.33 bits per heavy atom. The zero-order valence-corrected chi connectivity index (χ0v) is 7.96. The third-order valence-corrected chi connectivity index (χ3v) is 2.24. The molecule has 0 N–H and O–H groups in total. The number of hydrogen-bond donors (Lipinski definition) is 0. The van der Waals surface area contributed by atoms with Crippen LogP contribution in [0.3, 0.4) is 0 Å². The number of ether oxygens (including phenoxy) is 1. The maximum atomic E-state index is 5.15. The van der Waals surface area contributed by atoms with Crippen molar-refractivity contribution < 1.29 is 9.15 Å². The fourth-order valence-electron chi connectivity index (χ4n) is 1.08. The van der Waals surface area contributed by atoms with Crippen molar-refractivity contribution in [3.8, 4) is 5.75 Å². The van der Waals surface area contributed by atoms with Crippen molar-refractivity contribution in [2.24, 2.45) is 0 Å². The number of benzene rings is 1. The summed E-state index contributed by atoms with van der Waals surface area (Å²) in [6.45, 7) is 0. The topological polar surface area (TPSA) is 35.3 Å². The normalized spacial score (nSPS) is 10.5. The molecule has 1 aromatic heterocycles. The molecule has 2 rings (SSSR count). The Labute approximate surface area is 77.5 Å². The molecule has 0 saturated carbocycles. The van der Waals surface area contributed by atoms with Crippen LogP contribution in [-0.2, 0) is 0 Å². The number of fused-ring (bicyclic) bond motifs is 1. The lowest BCUT2D eigenvalue weighted by Gasteiger charge is -2.01. The molecule has 0 aliphatic heterocycles. The van der Waals surface area contributed by atoms with Crippen LogP contribution < -0.4 is 4.74 Å². The number of halogens is 1. The molecule has 2 aromatic rings. The Morgan fingerprint density at radius 1 is 1.50 bits per heavy atom. The average molecular weight is 228 g/mol. The molecule has 0 fully saturated rings. The van der Waals surface area contributed by atoms with Crippen LogP contribution >= 0.6 is 15.9 Å². The zero-order chi connectivity index (χ0) is 8.55. The Kier molecular flexibility index (Phi) is 1.77. The largest absolute Gasteiger partial charge is 0.493 e. The molecule has 0 aliphatic carbocycles. The highest BCUT2D eigenvalue weighted by atomic mass is 79.9. The van der Waals surface area contributed by atoms with Gasteiger partial charge in [-0.3, -0.25) is 0 Å². The lowest BCUT2D eigenvalue weighted by Crippen LogP contribution is -1.85. The van der Waals surface area contributed by atoms with Crippen LogP contribution in [0.25, 0.3) is 11.1 Å². The van der Waals surface area contributed by atoms with Crippen molar-refractivity contribution in [2.45, 2.75) is 0 Å². The number of nitrogens with zero attached hydrogens (tertiary/aromatic N) is 1. The van der Waals surface area contributed by atoms with E-state index >= 15 is 0 Å². The molecule has 0 saturated heterocycles. The molecule has 4 heteroatoms. The zero-order valence-electron chi connectivity index (χ0n) is 6.37. The first-order valence-electron chi connectivity index (χ1n) is 3.38. The van der Waals surface area contributed by atoms with Crippen LogP contribution in [0.4, 0.5) is 0 Å². The predicted octanol–water partition coefficient (Wildman–Crippen LogP) is 2.60. The van der Waals surface area contributed by atoms with Gasteiger partial charge in [0.05, 0.1) is 11.6 Å². The smallest absolute Gasteiger partial charge is 0.182 e. The molecule has 1 aromatic carbocycles. The van der Waals surface area contributed by atoms with Gasteiger partial charge in [0.1, 0.15) is 0 Å². The Hall–Kier alpha value is -1.03. The summed E-state index contributed by atoms with van der Waals surface area (Å²) in [5.41, 5.74) is 1.47. The summed E-state index contributed by atoms with van der Waals surface area (Å²) in [5, 5.41) is 0. The minimum absolute atomic E-state index is 0.709. The molecule has 0 unspecified atom stereocenters. The number of oxazole rings is 1. The van der Waals surface area contributed by atoms with Gasteiger partial charge in [0, 0.05) is 0 Å². The van der Waals surface area contributed by atoms with Gasteiger partial charge < -0.3 is 9.15 Å². The maximum absolute atomic E-state index is 5.15. The first kappa shape index (κ1) is 7.61. The Morgan fingerprint density at radius 3 is 3.08 bits per heavy atom. The van der Waals surface area contributed by atoms with Crippen molar-refractivity contribution in [2.75, 3.05) is 7.11 Å². The fourth-order valence-corrected chi connectivity index (χ4v) is 1.56. The third-order valence-electron chi connectivity index (χ3n) is 1.61. The van der Waals surface area contributed by atoms with Gasteiger partial charge in [-0.1, -0.05) is 0 Å². The summed E-state index contributed by atoms with van der Waals surface area (Å²) >= 11 is 3.36. The highest BCUT2D eigenvalue weighted by Gasteiger charge is 2.08. The highest BCUT2D eigenvalue weighted by Crippen LogP contribution is 2.32. The van der Waals surface area contributed by atoms with Crippen LogP contribution in [0.15, 0.2) is 27.4 Å². The van der Waals surface area contributed by atoms with E-state index in [0.717, 1.165) is 15.6 Å². The van der Waals surface area contributed by atoms with E-state index in [2.05, 4.69) is 20.9 Å². The highest BCUT2D eigenvalue weighted by molar-refractivity contribution is 9.10. The number of hydrogen-bond acceptors (Lipinski definition) is 3. The molecule has 0 aliphatic rings. The quantitative estimate of drug-likeness (QED) is 0.752. The Bertz CT molecular complexity index is 410.